The summed E-state index contributed by atoms with van der Waals surface area (Å²) in [6.45, 7) is 7.48. The zero-order valence-corrected chi connectivity index (χ0v) is 12.4. The van der Waals surface area contributed by atoms with E-state index in [2.05, 4.69) is 15.5 Å². The van der Waals surface area contributed by atoms with E-state index >= 15 is 0 Å². The maximum Gasteiger partial charge on any atom is 0.306 e. The van der Waals surface area contributed by atoms with E-state index in [4.69, 9.17) is 9.26 Å². The van der Waals surface area contributed by atoms with Crippen molar-refractivity contribution in [2.24, 2.45) is 0 Å². The van der Waals surface area contributed by atoms with Crippen molar-refractivity contribution < 1.29 is 18.8 Å². The number of carbonyl (C=O) groups excluding carboxylic acids is 2. The minimum absolute atomic E-state index is 0.0738. The van der Waals surface area contributed by atoms with Crippen LogP contribution in [0.3, 0.4) is 0 Å². The molecule has 1 rings (SSSR count). The molecule has 0 aromatic carbocycles. The highest BCUT2D eigenvalue weighted by Crippen LogP contribution is 2.08. The van der Waals surface area contributed by atoms with E-state index in [0.29, 0.717) is 24.7 Å². The predicted molar refractivity (Wildman–Crippen MR) is 70.8 cm³/mol. The Balaban J connectivity index is 2.16. The van der Waals surface area contributed by atoms with Crippen LogP contribution >= 0.6 is 0 Å². The third-order valence-corrected chi connectivity index (χ3v) is 2.22. The van der Waals surface area contributed by atoms with Gasteiger partial charge < -0.3 is 14.6 Å². The molecule has 112 valence electrons. The van der Waals surface area contributed by atoms with Gasteiger partial charge in [-0.3, -0.25) is 9.59 Å². The molecule has 0 atom stereocenters. The van der Waals surface area contributed by atoms with Crippen LogP contribution < -0.4 is 5.32 Å². The Labute approximate surface area is 118 Å². The van der Waals surface area contributed by atoms with Gasteiger partial charge in [0.1, 0.15) is 5.60 Å². The molecular weight excluding hydrogens is 262 g/mol. The molecule has 0 saturated heterocycles. The zero-order valence-electron chi connectivity index (χ0n) is 12.4. The van der Waals surface area contributed by atoms with E-state index in [9.17, 15) is 9.59 Å². The highest BCUT2D eigenvalue weighted by Gasteiger charge is 2.16. The summed E-state index contributed by atoms with van der Waals surface area (Å²) in [6.07, 6.45) is 0.681. The fourth-order valence-electron chi connectivity index (χ4n) is 1.45. The molecule has 1 aromatic heterocycles. The fourth-order valence-corrected chi connectivity index (χ4v) is 1.45. The zero-order chi connectivity index (χ0) is 15.2. The summed E-state index contributed by atoms with van der Waals surface area (Å²) in [6, 6.07) is 0. The van der Waals surface area contributed by atoms with Crippen molar-refractivity contribution in [2.75, 3.05) is 6.54 Å². The van der Waals surface area contributed by atoms with Gasteiger partial charge in [0.05, 0.1) is 6.42 Å². The smallest absolute Gasteiger partial charge is 0.306 e. The standard InChI is InChI=1S/C13H21N3O4/c1-9-15-10(16-20-9)7-8-14-11(17)5-6-12(18)19-13(2,3)4/h5-8H2,1-4H3,(H,14,17). The van der Waals surface area contributed by atoms with Gasteiger partial charge in [-0.2, -0.15) is 4.98 Å². The second kappa shape index (κ2) is 7.02. The lowest BCUT2D eigenvalue weighted by Gasteiger charge is -2.19. The van der Waals surface area contributed by atoms with E-state index < -0.39 is 5.60 Å². The number of aromatic nitrogens is 2. The molecule has 20 heavy (non-hydrogen) atoms. The Morgan fingerprint density at radius 3 is 2.55 bits per heavy atom. The van der Waals surface area contributed by atoms with Crippen LogP contribution in [0.25, 0.3) is 0 Å². The van der Waals surface area contributed by atoms with E-state index in [1.54, 1.807) is 27.7 Å². The van der Waals surface area contributed by atoms with Gasteiger partial charge in [0.25, 0.3) is 0 Å². The molecule has 1 aromatic rings. The van der Waals surface area contributed by atoms with Gasteiger partial charge in [-0.05, 0) is 20.8 Å². The number of rotatable bonds is 6. The van der Waals surface area contributed by atoms with Crippen LogP contribution in [0.4, 0.5) is 0 Å². The van der Waals surface area contributed by atoms with Gasteiger partial charge in [-0.15, -0.1) is 0 Å². The van der Waals surface area contributed by atoms with E-state index in [-0.39, 0.29) is 24.7 Å². The average molecular weight is 283 g/mol. The SMILES string of the molecule is Cc1nc(CCNC(=O)CCC(=O)OC(C)(C)C)no1. The molecule has 0 aliphatic rings. The molecular formula is C13H21N3O4. The molecule has 0 saturated carbocycles. The molecule has 0 aliphatic carbocycles. The van der Waals surface area contributed by atoms with Gasteiger partial charge in [-0.1, -0.05) is 5.16 Å². The van der Waals surface area contributed by atoms with Crippen LogP contribution in [0.2, 0.25) is 0 Å². The Morgan fingerprint density at radius 2 is 2.00 bits per heavy atom. The van der Waals surface area contributed by atoms with Gasteiger partial charge >= 0.3 is 5.97 Å². The maximum atomic E-state index is 11.5. The van der Waals surface area contributed by atoms with Crippen molar-refractivity contribution in [3.63, 3.8) is 0 Å². The average Bonchev–Trinajstić information content (AvgIpc) is 2.70. The van der Waals surface area contributed by atoms with E-state index in [0.717, 1.165) is 0 Å². The van der Waals surface area contributed by atoms with E-state index in [1.807, 2.05) is 0 Å². The largest absolute Gasteiger partial charge is 0.460 e. The summed E-state index contributed by atoms with van der Waals surface area (Å²) in [5.41, 5.74) is -0.524. The van der Waals surface area contributed by atoms with Crippen LogP contribution in [0.5, 0.6) is 0 Å². The number of nitrogens with one attached hydrogen (secondary N) is 1. The predicted octanol–water partition coefficient (Wildman–Crippen LogP) is 1.16. The lowest BCUT2D eigenvalue weighted by Crippen LogP contribution is -2.28. The Morgan fingerprint density at radius 1 is 1.30 bits per heavy atom. The number of amides is 1. The fraction of sp³-hybridized carbons (Fsp3) is 0.692. The molecule has 0 fully saturated rings. The number of esters is 1. The first-order valence-electron chi connectivity index (χ1n) is 6.54. The van der Waals surface area contributed by atoms with Crippen LogP contribution in [-0.4, -0.2) is 34.2 Å². The van der Waals surface area contributed by atoms with Crippen LogP contribution in [0, 0.1) is 6.92 Å². The molecule has 0 aliphatic heterocycles. The minimum Gasteiger partial charge on any atom is -0.460 e. The molecule has 0 spiro atoms. The minimum atomic E-state index is -0.524. The molecule has 1 N–H and O–H groups in total. The second-order valence-corrected chi connectivity index (χ2v) is 5.42. The summed E-state index contributed by atoms with van der Waals surface area (Å²) in [4.78, 5) is 27.0. The summed E-state index contributed by atoms with van der Waals surface area (Å²) >= 11 is 0. The summed E-state index contributed by atoms with van der Waals surface area (Å²) in [7, 11) is 0. The van der Waals surface area contributed by atoms with Crippen molar-refractivity contribution in [3.8, 4) is 0 Å². The van der Waals surface area contributed by atoms with Gasteiger partial charge in [0, 0.05) is 26.3 Å². The second-order valence-electron chi connectivity index (χ2n) is 5.42. The Hall–Kier alpha value is -1.92. The third kappa shape index (κ3) is 6.86. The van der Waals surface area contributed by atoms with Crippen molar-refractivity contribution in [1.82, 2.24) is 15.5 Å². The normalized spacial score (nSPS) is 11.2. The third-order valence-electron chi connectivity index (χ3n) is 2.22. The van der Waals surface area contributed by atoms with E-state index in [1.165, 1.54) is 0 Å². The highest BCUT2D eigenvalue weighted by atomic mass is 16.6. The summed E-state index contributed by atoms with van der Waals surface area (Å²) in [5, 5.41) is 6.41. The molecule has 0 bridgehead atoms. The quantitative estimate of drug-likeness (QED) is 0.787. The van der Waals surface area contributed by atoms with Gasteiger partial charge in [0.2, 0.25) is 11.8 Å². The lowest BCUT2D eigenvalue weighted by atomic mass is 10.2. The number of hydrogen-bond acceptors (Lipinski definition) is 6. The first-order valence-corrected chi connectivity index (χ1v) is 6.54. The van der Waals surface area contributed by atoms with Crippen LogP contribution in [0.15, 0.2) is 4.52 Å². The maximum absolute atomic E-state index is 11.5. The first-order chi connectivity index (χ1) is 9.26. The monoisotopic (exact) mass is 283 g/mol. The molecule has 0 unspecified atom stereocenters. The van der Waals surface area contributed by atoms with Crippen LogP contribution in [-0.2, 0) is 20.7 Å². The van der Waals surface area contributed by atoms with Crippen LogP contribution in [0.1, 0.15) is 45.3 Å². The summed E-state index contributed by atoms with van der Waals surface area (Å²) in [5.74, 6) is 0.476. The number of carbonyl (C=O) groups is 2. The lowest BCUT2D eigenvalue weighted by molar-refractivity contribution is -0.155. The number of ether oxygens (including phenoxy) is 1. The highest BCUT2D eigenvalue weighted by molar-refractivity contribution is 5.81. The number of nitrogens with zero attached hydrogens (tertiary/aromatic N) is 2. The van der Waals surface area contributed by atoms with Crippen molar-refractivity contribution in [3.05, 3.63) is 11.7 Å². The molecule has 0 radical (unpaired) electrons. The van der Waals surface area contributed by atoms with Gasteiger partial charge in [-0.25, -0.2) is 0 Å². The Kier molecular flexibility index (Phi) is 5.66. The van der Waals surface area contributed by atoms with Gasteiger partial charge in [0.15, 0.2) is 5.82 Å². The molecule has 7 nitrogen and oxygen atoms in total. The first kappa shape index (κ1) is 16.1. The van der Waals surface area contributed by atoms with Crippen molar-refractivity contribution >= 4 is 11.9 Å². The number of hydrogen-bond donors (Lipinski definition) is 1. The molecule has 7 heteroatoms. The molecule has 1 amide bonds. The Bertz CT molecular complexity index is 462. The summed E-state index contributed by atoms with van der Waals surface area (Å²) < 4.78 is 9.93. The number of aryl methyl sites for hydroxylation is 1. The molecule has 1 heterocycles. The van der Waals surface area contributed by atoms with Crippen molar-refractivity contribution in [1.29, 1.82) is 0 Å². The topological polar surface area (TPSA) is 94.3 Å². The van der Waals surface area contributed by atoms with Crippen molar-refractivity contribution in [2.45, 2.75) is 52.6 Å².